The number of anilines is 1. The van der Waals surface area contributed by atoms with Crippen LogP contribution in [0.25, 0.3) is 11.2 Å². The lowest BCUT2D eigenvalue weighted by molar-refractivity contribution is -0.130. The van der Waals surface area contributed by atoms with Crippen molar-refractivity contribution in [1.29, 1.82) is 0 Å². The molecule has 10 heteroatoms. The van der Waals surface area contributed by atoms with Crippen LogP contribution in [0.2, 0.25) is 0 Å². The minimum absolute atomic E-state index is 0.173. The normalized spacial score (nSPS) is 18.0. The van der Waals surface area contributed by atoms with E-state index in [1.54, 1.807) is 35.2 Å². The molecule has 1 fully saturated rings. The number of nitrogens with zero attached hydrogens (tertiary/aromatic N) is 4. The van der Waals surface area contributed by atoms with Crippen molar-refractivity contribution in [2.45, 2.75) is 41.8 Å². The molecular formula is C55H45N5O5. The second-order valence-corrected chi connectivity index (χ2v) is 16.0. The molecular weight excluding hydrogens is 811 g/mol. The first-order valence-corrected chi connectivity index (χ1v) is 21.5. The molecule has 320 valence electrons. The van der Waals surface area contributed by atoms with Crippen LogP contribution < -0.4 is 5.73 Å². The van der Waals surface area contributed by atoms with Crippen LogP contribution in [-0.2, 0) is 25.4 Å². The topological polar surface area (TPSA) is 135 Å². The number of imidazole rings is 1. The summed E-state index contributed by atoms with van der Waals surface area (Å²) in [6.45, 7) is 0. The van der Waals surface area contributed by atoms with Gasteiger partial charge in [-0.3, -0.25) is 9.36 Å². The molecule has 1 unspecified atom stereocenters. The molecule has 3 N–H and O–H groups in total. The van der Waals surface area contributed by atoms with Gasteiger partial charge in [-0.05, 0) is 33.4 Å². The zero-order chi connectivity index (χ0) is 44.2. The minimum Gasteiger partial charge on any atom is -0.387 e. The van der Waals surface area contributed by atoms with Crippen molar-refractivity contribution in [2.24, 2.45) is 0 Å². The zero-order valence-corrected chi connectivity index (χ0v) is 35.2. The summed E-state index contributed by atoms with van der Waals surface area (Å²) in [4.78, 5) is 29.0. The minimum atomic E-state index is -1.51. The van der Waals surface area contributed by atoms with Gasteiger partial charge in [0, 0.05) is 5.56 Å². The molecule has 3 heterocycles. The number of aliphatic hydroxyl groups excluding tert-OH is 1. The molecule has 0 radical (unpaired) electrons. The summed E-state index contributed by atoms with van der Waals surface area (Å²) in [6.07, 6.45) is -3.73. The zero-order valence-electron chi connectivity index (χ0n) is 35.2. The predicted molar refractivity (Wildman–Crippen MR) is 249 cm³/mol. The molecule has 10 rings (SSSR count). The highest BCUT2D eigenvalue weighted by atomic mass is 16.6. The summed E-state index contributed by atoms with van der Waals surface area (Å²) in [6, 6.07) is 68.0. The monoisotopic (exact) mass is 855 g/mol. The van der Waals surface area contributed by atoms with E-state index in [0.717, 1.165) is 33.4 Å². The van der Waals surface area contributed by atoms with E-state index in [1.165, 1.54) is 6.33 Å². The van der Waals surface area contributed by atoms with Gasteiger partial charge in [-0.25, -0.2) is 15.0 Å². The van der Waals surface area contributed by atoms with Crippen LogP contribution in [0.15, 0.2) is 225 Å². The number of aromatic nitrogens is 4. The van der Waals surface area contributed by atoms with Crippen LogP contribution >= 0.6 is 0 Å². The number of fused-ring (bicyclic) bond motifs is 1. The smallest absolute Gasteiger partial charge is 0.194 e. The quantitative estimate of drug-likeness (QED) is 0.0811. The van der Waals surface area contributed by atoms with E-state index in [0.29, 0.717) is 16.7 Å². The number of hydrogen-bond donors (Lipinski definition) is 2. The second kappa shape index (κ2) is 17.9. The van der Waals surface area contributed by atoms with Crippen molar-refractivity contribution in [3.05, 3.63) is 264 Å². The van der Waals surface area contributed by atoms with Gasteiger partial charge in [0.2, 0.25) is 0 Å². The van der Waals surface area contributed by atoms with Gasteiger partial charge in [-0.15, -0.1) is 0 Å². The average molecular weight is 856 g/mol. The van der Waals surface area contributed by atoms with Crippen LogP contribution in [0.4, 0.5) is 5.82 Å². The van der Waals surface area contributed by atoms with Gasteiger partial charge in [-0.2, -0.15) is 0 Å². The van der Waals surface area contributed by atoms with E-state index in [2.05, 4.69) is 15.0 Å². The number of carbonyl (C=O) groups is 1. The van der Waals surface area contributed by atoms with Crippen molar-refractivity contribution < 1.29 is 24.1 Å². The highest BCUT2D eigenvalue weighted by Crippen LogP contribution is 2.49. The number of rotatable bonds is 14. The Labute approximate surface area is 376 Å². The molecule has 1 aliphatic heterocycles. The third-order valence-electron chi connectivity index (χ3n) is 12.2. The highest BCUT2D eigenvalue weighted by Gasteiger charge is 2.57. The molecule has 1 aliphatic rings. The molecule has 10 nitrogen and oxygen atoms in total. The first-order valence-electron chi connectivity index (χ1n) is 21.5. The fourth-order valence-corrected chi connectivity index (χ4v) is 9.21. The van der Waals surface area contributed by atoms with Crippen LogP contribution in [0.5, 0.6) is 0 Å². The third kappa shape index (κ3) is 7.48. The summed E-state index contributed by atoms with van der Waals surface area (Å²) < 4.78 is 24.2. The van der Waals surface area contributed by atoms with Crippen LogP contribution in [-0.4, -0.2) is 54.8 Å². The van der Waals surface area contributed by atoms with E-state index in [1.807, 2.05) is 188 Å². The number of benzene rings is 7. The summed E-state index contributed by atoms with van der Waals surface area (Å²) >= 11 is 0. The first kappa shape index (κ1) is 41.4. The van der Waals surface area contributed by atoms with Gasteiger partial charge >= 0.3 is 0 Å². The van der Waals surface area contributed by atoms with Crippen LogP contribution in [0.1, 0.15) is 50.0 Å². The van der Waals surface area contributed by atoms with E-state index < -0.39 is 47.6 Å². The van der Waals surface area contributed by atoms with Crippen molar-refractivity contribution in [2.75, 3.05) is 5.73 Å². The summed E-state index contributed by atoms with van der Waals surface area (Å²) in [7, 11) is 0. The number of Topliss-reactive ketones (excluding diaryl/α,β-unsaturated/α-hetero) is 1. The SMILES string of the molecule is Nc1ncnc2c1ncn2[C@@H]1O[C@H](C(OC(c2ccccc2)(c2ccccc2)c2ccccc2)C(=O)c2ccccc2)[C@@H](O)[C@H]1OC(c1ccccc1)(c1ccccc1)c1ccccc1. The van der Waals surface area contributed by atoms with Gasteiger partial charge in [0.1, 0.15) is 41.4 Å². The molecule has 7 aromatic carbocycles. The number of aliphatic hydroxyl groups is 1. The molecule has 9 aromatic rings. The molecule has 0 aliphatic carbocycles. The number of nitrogen functional groups attached to an aromatic ring is 1. The Kier molecular flexibility index (Phi) is 11.4. The summed E-state index contributed by atoms with van der Waals surface area (Å²) in [5.74, 6) is -0.226. The highest BCUT2D eigenvalue weighted by molar-refractivity contribution is 6.00. The maximum atomic E-state index is 15.5. The average Bonchev–Trinajstić information content (AvgIpc) is 3.96. The lowest BCUT2D eigenvalue weighted by atomic mass is 9.79. The third-order valence-corrected chi connectivity index (χ3v) is 12.2. The molecule has 65 heavy (non-hydrogen) atoms. The van der Waals surface area contributed by atoms with E-state index in [9.17, 15) is 5.11 Å². The molecule has 2 aromatic heterocycles. The van der Waals surface area contributed by atoms with Gasteiger partial charge in [-0.1, -0.05) is 212 Å². The fraction of sp³-hybridized carbons (Fsp3) is 0.127. The number of ketones is 1. The Balaban J connectivity index is 1.21. The summed E-state index contributed by atoms with van der Waals surface area (Å²) in [5.41, 5.74) is 9.44. The van der Waals surface area contributed by atoms with Gasteiger partial charge in [0.15, 0.2) is 29.6 Å². The molecule has 5 atom stereocenters. The van der Waals surface area contributed by atoms with Crippen molar-refractivity contribution >= 4 is 22.8 Å². The summed E-state index contributed by atoms with van der Waals surface area (Å²) in [5, 5.41) is 13.4. The molecule has 0 saturated carbocycles. The van der Waals surface area contributed by atoms with Crippen LogP contribution in [0.3, 0.4) is 0 Å². The number of ether oxygens (including phenoxy) is 3. The lowest BCUT2D eigenvalue weighted by Crippen LogP contribution is -2.51. The van der Waals surface area contributed by atoms with Gasteiger partial charge in [0.25, 0.3) is 0 Å². The molecule has 0 spiro atoms. The Morgan fingerprint density at radius 2 is 0.969 bits per heavy atom. The van der Waals surface area contributed by atoms with E-state index in [-0.39, 0.29) is 5.82 Å². The molecule has 0 bridgehead atoms. The van der Waals surface area contributed by atoms with Crippen molar-refractivity contribution in [1.82, 2.24) is 19.5 Å². The lowest BCUT2D eigenvalue weighted by Gasteiger charge is -2.41. The number of hydrogen-bond acceptors (Lipinski definition) is 9. The Morgan fingerprint density at radius 3 is 1.40 bits per heavy atom. The maximum Gasteiger partial charge on any atom is 0.194 e. The van der Waals surface area contributed by atoms with E-state index in [4.69, 9.17) is 19.9 Å². The van der Waals surface area contributed by atoms with Gasteiger partial charge in [0.05, 0.1) is 6.33 Å². The van der Waals surface area contributed by atoms with Crippen molar-refractivity contribution in [3.8, 4) is 0 Å². The van der Waals surface area contributed by atoms with E-state index >= 15 is 4.79 Å². The second-order valence-electron chi connectivity index (χ2n) is 16.0. The fourth-order valence-electron chi connectivity index (χ4n) is 9.21. The number of carbonyl (C=O) groups excluding carboxylic acids is 1. The van der Waals surface area contributed by atoms with Crippen LogP contribution in [0, 0.1) is 0 Å². The Bertz CT molecular complexity index is 2790. The molecule has 1 saturated heterocycles. The Hall–Kier alpha value is -7.60. The number of nitrogens with two attached hydrogens (primary N) is 1. The first-order chi connectivity index (χ1) is 32.0. The standard InChI is InChI=1S/C55H45N5O5/c56-51-45-52(58-36-57-51)60(37-59-45)53-50(65-55(42-30-16-5-17-31-42,43-32-18-6-19-33-43)44-34-20-7-21-35-44)47(62)48(63-53)49(46(61)38-22-8-1-9-23-38)64-54(39-24-10-2-11-25-39,40-26-12-3-13-27-40)41-28-14-4-15-29-41/h1-37,47-50,53,62H,(H2,56,57,58)/t47-,48+,49?,50-,53-/m1/s1. The van der Waals surface area contributed by atoms with Crippen molar-refractivity contribution in [3.63, 3.8) is 0 Å². The molecule has 0 amide bonds. The Morgan fingerprint density at radius 1 is 0.569 bits per heavy atom. The maximum absolute atomic E-state index is 15.5. The van der Waals surface area contributed by atoms with Gasteiger partial charge < -0.3 is 25.1 Å². The largest absolute Gasteiger partial charge is 0.387 e. The predicted octanol–water partition coefficient (Wildman–Crippen LogP) is 9.30.